The van der Waals surface area contributed by atoms with Crippen molar-refractivity contribution in [3.8, 4) is 0 Å². The molecule has 0 aromatic rings. The number of nitrogens with one attached hydrogen (secondary N) is 5. The molecule has 6 atom stereocenters. The first-order chi connectivity index (χ1) is 22.9. The van der Waals surface area contributed by atoms with E-state index in [0.717, 1.165) is 0 Å². The van der Waals surface area contributed by atoms with E-state index >= 15 is 0 Å². The first kappa shape index (κ1) is 44.8. The summed E-state index contributed by atoms with van der Waals surface area (Å²) in [7, 11) is 0. The van der Waals surface area contributed by atoms with Gasteiger partial charge in [0, 0.05) is 25.0 Å². The highest BCUT2D eigenvalue weighted by Gasteiger charge is 2.33. The van der Waals surface area contributed by atoms with Gasteiger partial charge in [-0.15, -0.1) is 0 Å². The van der Waals surface area contributed by atoms with Crippen LogP contribution in [0, 0.1) is 0 Å². The predicted molar refractivity (Wildman–Crippen MR) is 174 cm³/mol. The fourth-order valence-electron chi connectivity index (χ4n) is 3.94. The molecule has 5 amide bonds. The van der Waals surface area contributed by atoms with Crippen molar-refractivity contribution in [2.24, 2.45) is 5.73 Å². The molecule has 0 aromatic heterocycles. The average molecular weight is 741 g/mol. The van der Waals surface area contributed by atoms with Crippen LogP contribution in [0.1, 0.15) is 51.4 Å². The van der Waals surface area contributed by atoms with Crippen molar-refractivity contribution < 1.29 is 68.7 Å². The molecule has 0 bridgehead atoms. The van der Waals surface area contributed by atoms with Gasteiger partial charge < -0.3 is 57.9 Å². The second kappa shape index (κ2) is 24.1. The van der Waals surface area contributed by atoms with Gasteiger partial charge in [0.1, 0.15) is 24.2 Å². The maximum Gasteiger partial charge on any atom is 0.305 e. The number of hydrogen-bond acceptors (Lipinski definition) is 13. The van der Waals surface area contributed by atoms with Crippen LogP contribution in [0.15, 0.2) is 0 Å². The number of amides is 5. The van der Waals surface area contributed by atoms with Gasteiger partial charge in [-0.05, 0) is 37.7 Å². The minimum absolute atomic E-state index is 0.00172. The standard InChI is InChI=1S/C27H44N6O14S2/c1-49-9-8-18(33-25(45)16(3-6-20(37)38)30-23(43)14(28)10-22(41)42)27(47)32-17(4-7-21(39)40)26(46)31-15(2-5-19(35)36)24(44)29-13(11-34)12-48/h13-18,34,48H,2-12,28H2,1H3,(H,29,44)(H,30,43)(H,31,46)(H,32,47)(H,33,45)(H,35,36)(H,37,38)(H,39,40)(H,41,42)/t13-,14+,15+,16+,17+,18+/m1/s1. The van der Waals surface area contributed by atoms with Gasteiger partial charge in [-0.25, -0.2) is 0 Å². The highest BCUT2D eigenvalue weighted by Crippen LogP contribution is 2.08. The molecule has 0 spiro atoms. The zero-order valence-corrected chi connectivity index (χ0v) is 28.3. The molecule has 0 aliphatic carbocycles. The Bertz CT molecular complexity index is 1190. The lowest BCUT2D eigenvalue weighted by Gasteiger charge is -2.27. The number of carbonyl (C=O) groups excluding carboxylic acids is 5. The minimum atomic E-state index is -1.62. The Kier molecular flexibility index (Phi) is 22.0. The van der Waals surface area contributed by atoms with E-state index in [0.29, 0.717) is 0 Å². The second-order valence-electron chi connectivity index (χ2n) is 10.6. The fourth-order valence-corrected chi connectivity index (χ4v) is 4.62. The molecule has 0 aliphatic heterocycles. The molecule has 12 N–H and O–H groups in total. The van der Waals surface area contributed by atoms with Crippen molar-refractivity contribution in [1.29, 1.82) is 0 Å². The lowest BCUT2D eigenvalue weighted by atomic mass is 10.1. The average Bonchev–Trinajstić information content (AvgIpc) is 3.02. The molecule has 0 saturated heterocycles. The molecule has 278 valence electrons. The summed E-state index contributed by atoms with van der Waals surface area (Å²) in [5.74, 6) is -10.2. The van der Waals surface area contributed by atoms with Crippen molar-refractivity contribution >= 4 is 77.8 Å². The highest BCUT2D eigenvalue weighted by atomic mass is 32.2. The Hall–Kier alpha value is -4.15. The number of thiol groups is 1. The van der Waals surface area contributed by atoms with E-state index in [2.05, 4.69) is 39.2 Å². The van der Waals surface area contributed by atoms with Crippen LogP contribution in [0.3, 0.4) is 0 Å². The number of nitrogens with two attached hydrogens (primary N) is 1. The summed E-state index contributed by atoms with van der Waals surface area (Å²) in [6.45, 7) is -0.523. The summed E-state index contributed by atoms with van der Waals surface area (Å²) in [5, 5.41) is 57.2. The van der Waals surface area contributed by atoms with E-state index in [9.17, 15) is 53.4 Å². The van der Waals surface area contributed by atoms with E-state index in [-0.39, 0.29) is 17.9 Å². The number of hydrogen-bond donors (Lipinski definition) is 12. The quantitative estimate of drug-likeness (QED) is 0.0382. The van der Waals surface area contributed by atoms with Crippen molar-refractivity contribution in [2.75, 3.05) is 24.4 Å². The molecular formula is C27H44N6O14S2. The molecule has 20 nitrogen and oxygen atoms in total. The summed E-state index contributed by atoms with van der Waals surface area (Å²) in [5.41, 5.74) is 5.54. The molecule has 0 saturated carbocycles. The van der Waals surface area contributed by atoms with Crippen molar-refractivity contribution in [2.45, 2.75) is 87.6 Å². The normalized spacial score (nSPS) is 14.4. The largest absolute Gasteiger partial charge is 0.481 e. The maximum atomic E-state index is 13.4. The van der Waals surface area contributed by atoms with E-state index in [4.69, 9.17) is 21.1 Å². The van der Waals surface area contributed by atoms with Crippen LogP contribution < -0.4 is 32.3 Å². The third kappa shape index (κ3) is 19.4. The number of carboxylic acids is 4. The number of aliphatic carboxylic acids is 4. The number of aliphatic hydroxyl groups excluding tert-OH is 1. The Morgan fingerprint density at radius 1 is 0.592 bits per heavy atom. The lowest BCUT2D eigenvalue weighted by molar-refractivity contribution is -0.140. The zero-order chi connectivity index (χ0) is 37.7. The number of carboxylic acid groups (broad SMARTS) is 4. The molecular weight excluding hydrogens is 696 g/mol. The maximum absolute atomic E-state index is 13.4. The first-order valence-corrected chi connectivity index (χ1v) is 16.8. The van der Waals surface area contributed by atoms with Crippen molar-refractivity contribution in [1.82, 2.24) is 26.6 Å². The lowest BCUT2D eigenvalue weighted by Crippen LogP contribution is -2.59. The molecule has 0 radical (unpaired) electrons. The third-order valence-electron chi connectivity index (χ3n) is 6.60. The van der Waals surface area contributed by atoms with Crippen LogP contribution in [0.4, 0.5) is 0 Å². The van der Waals surface area contributed by atoms with Gasteiger partial charge in [0.15, 0.2) is 0 Å². The molecule has 0 aliphatic rings. The molecule has 0 aromatic carbocycles. The SMILES string of the molecule is CSCC[C@H](NC(=O)[C@H](CCC(=O)O)NC(=O)[C@@H](N)CC(=O)O)C(=O)N[C@@H](CCC(=O)O)C(=O)N[C@@H](CCC(=O)O)C(=O)N[C@H](CO)CS. The van der Waals surface area contributed by atoms with Crippen LogP contribution >= 0.6 is 24.4 Å². The Morgan fingerprint density at radius 3 is 1.24 bits per heavy atom. The zero-order valence-electron chi connectivity index (χ0n) is 26.6. The monoisotopic (exact) mass is 740 g/mol. The van der Waals surface area contributed by atoms with Gasteiger partial charge in [-0.2, -0.15) is 24.4 Å². The van der Waals surface area contributed by atoms with Crippen LogP contribution in [-0.2, 0) is 43.2 Å². The van der Waals surface area contributed by atoms with Gasteiger partial charge >= 0.3 is 23.9 Å². The highest BCUT2D eigenvalue weighted by molar-refractivity contribution is 7.98. The molecule has 49 heavy (non-hydrogen) atoms. The van der Waals surface area contributed by atoms with Gasteiger partial charge in [0.2, 0.25) is 29.5 Å². The number of aliphatic hydroxyl groups is 1. The Morgan fingerprint density at radius 2 is 0.939 bits per heavy atom. The van der Waals surface area contributed by atoms with E-state index < -0.39 is 141 Å². The van der Waals surface area contributed by atoms with Crippen LogP contribution in [-0.4, -0.2) is 140 Å². The van der Waals surface area contributed by atoms with Crippen molar-refractivity contribution in [3.63, 3.8) is 0 Å². The molecule has 0 unspecified atom stereocenters. The van der Waals surface area contributed by atoms with Crippen LogP contribution in [0.2, 0.25) is 0 Å². The molecule has 22 heteroatoms. The topological polar surface area (TPSA) is 341 Å². The van der Waals surface area contributed by atoms with Gasteiger partial charge in [-0.3, -0.25) is 43.2 Å². The second-order valence-corrected chi connectivity index (χ2v) is 11.9. The first-order valence-electron chi connectivity index (χ1n) is 14.8. The van der Waals surface area contributed by atoms with Gasteiger partial charge in [0.25, 0.3) is 0 Å². The fraction of sp³-hybridized carbons (Fsp3) is 0.667. The number of thioether (sulfide) groups is 1. The molecule has 0 fully saturated rings. The Labute approximate surface area is 290 Å². The summed E-state index contributed by atoms with van der Waals surface area (Å²) in [6.07, 6.45) is -2.41. The smallest absolute Gasteiger partial charge is 0.305 e. The third-order valence-corrected chi connectivity index (χ3v) is 7.69. The summed E-state index contributed by atoms with van der Waals surface area (Å²) in [6, 6.07) is -8.54. The van der Waals surface area contributed by atoms with Gasteiger partial charge in [-0.1, -0.05) is 0 Å². The number of carbonyl (C=O) groups is 9. The number of rotatable bonds is 26. The summed E-state index contributed by atoms with van der Waals surface area (Å²) < 4.78 is 0. The Balaban J connectivity index is 6.18. The van der Waals surface area contributed by atoms with Crippen molar-refractivity contribution in [3.05, 3.63) is 0 Å². The van der Waals surface area contributed by atoms with Crippen LogP contribution in [0.5, 0.6) is 0 Å². The molecule has 0 rings (SSSR count). The van der Waals surface area contributed by atoms with E-state index in [1.807, 2.05) is 0 Å². The van der Waals surface area contributed by atoms with Gasteiger partial charge in [0.05, 0.1) is 25.1 Å². The van der Waals surface area contributed by atoms with E-state index in [1.165, 1.54) is 11.8 Å². The summed E-state index contributed by atoms with van der Waals surface area (Å²) in [4.78, 5) is 110. The minimum Gasteiger partial charge on any atom is -0.481 e. The summed E-state index contributed by atoms with van der Waals surface area (Å²) >= 11 is 5.24. The molecule has 0 heterocycles. The van der Waals surface area contributed by atoms with Crippen LogP contribution in [0.25, 0.3) is 0 Å². The predicted octanol–water partition coefficient (Wildman–Crippen LogP) is -3.52. The van der Waals surface area contributed by atoms with E-state index in [1.54, 1.807) is 6.26 Å².